The molecule has 1 fully saturated rings. The van der Waals surface area contributed by atoms with Crippen molar-refractivity contribution >= 4 is 11.8 Å². The van der Waals surface area contributed by atoms with Crippen LogP contribution in [0.1, 0.15) is 43.2 Å². The van der Waals surface area contributed by atoms with Crippen LogP contribution in [-0.4, -0.2) is 21.0 Å². The van der Waals surface area contributed by atoms with Gasteiger partial charge < -0.3 is 10.6 Å². The molecule has 5 nitrogen and oxygen atoms in total. The van der Waals surface area contributed by atoms with Gasteiger partial charge in [-0.15, -0.1) is 0 Å². The molecule has 2 heterocycles. The standard InChI is InChI=1S/C23H27N5/c1-17-7-5-6-8-19(17)16-25-22-15-21(18-11-13-24-14-12-18)27-23(28-22)26-20-9-3-2-4-10-20/h5-8,11-15,20H,2-4,9-10,16H2,1H3,(H2,25,26,27,28). The molecule has 0 atom stereocenters. The van der Waals surface area contributed by atoms with E-state index >= 15 is 0 Å². The van der Waals surface area contributed by atoms with Crippen molar-refractivity contribution in [3.8, 4) is 11.3 Å². The Morgan fingerprint density at radius 3 is 2.54 bits per heavy atom. The van der Waals surface area contributed by atoms with Gasteiger partial charge in [0, 0.05) is 36.6 Å². The fraction of sp³-hybridized carbons (Fsp3) is 0.348. The van der Waals surface area contributed by atoms with Gasteiger partial charge in [-0.2, -0.15) is 4.98 Å². The SMILES string of the molecule is Cc1ccccc1CNc1cc(-c2ccncc2)nc(NC2CCCCC2)n1. The Hall–Kier alpha value is -2.95. The van der Waals surface area contributed by atoms with E-state index in [-0.39, 0.29) is 0 Å². The molecule has 0 amide bonds. The van der Waals surface area contributed by atoms with E-state index in [1.165, 1.54) is 43.2 Å². The molecule has 0 radical (unpaired) electrons. The topological polar surface area (TPSA) is 62.7 Å². The monoisotopic (exact) mass is 373 g/mol. The molecule has 0 bridgehead atoms. The lowest BCUT2D eigenvalue weighted by atomic mass is 9.96. The molecule has 0 saturated heterocycles. The minimum absolute atomic E-state index is 0.464. The van der Waals surface area contributed by atoms with Crippen LogP contribution in [0.15, 0.2) is 54.9 Å². The van der Waals surface area contributed by atoms with Gasteiger partial charge in [-0.1, -0.05) is 43.5 Å². The highest BCUT2D eigenvalue weighted by Crippen LogP contribution is 2.24. The van der Waals surface area contributed by atoms with Gasteiger partial charge in [0.2, 0.25) is 5.95 Å². The first-order valence-corrected chi connectivity index (χ1v) is 10.1. The lowest BCUT2D eigenvalue weighted by Crippen LogP contribution is -2.23. The molecular weight excluding hydrogens is 346 g/mol. The second kappa shape index (κ2) is 8.83. The van der Waals surface area contributed by atoms with Crippen molar-refractivity contribution < 1.29 is 0 Å². The summed E-state index contributed by atoms with van der Waals surface area (Å²) in [6.45, 7) is 2.87. The first-order chi connectivity index (χ1) is 13.8. The molecule has 0 aliphatic heterocycles. The fourth-order valence-corrected chi connectivity index (χ4v) is 3.70. The fourth-order valence-electron chi connectivity index (χ4n) is 3.70. The number of nitrogens with one attached hydrogen (secondary N) is 2. The van der Waals surface area contributed by atoms with E-state index in [9.17, 15) is 0 Å². The van der Waals surface area contributed by atoms with E-state index in [1.807, 2.05) is 18.2 Å². The zero-order chi connectivity index (χ0) is 19.2. The Morgan fingerprint density at radius 1 is 0.964 bits per heavy atom. The third-order valence-corrected chi connectivity index (χ3v) is 5.36. The lowest BCUT2D eigenvalue weighted by molar-refractivity contribution is 0.461. The summed E-state index contributed by atoms with van der Waals surface area (Å²) in [5, 5.41) is 7.05. The van der Waals surface area contributed by atoms with Crippen LogP contribution in [0.3, 0.4) is 0 Å². The van der Waals surface area contributed by atoms with Crippen molar-refractivity contribution in [3.05, 3.63) is 66.0 Å². The van der Waals surface area contributed by atoms with Crippen LogP contribution in [0.4, 0.5) is 11.8 Å². The average molecular weight is 374 g/mol. The van der Waals surface area contributed by atoms with E-state index in [4.69, 9.17) is 9.97 Å². The molecule has 3 aromatic rings. The molecule has 0 spiro atoms. The van der Waals surface area contributed by atoms with Gasteiger partial charge >= 0.3 is 0 Å². The number of benzene rings is 1. The highest BCUT2D eigenvalue weighted by atomic mass is 15.2. The normalized spacial score (nSPS) is 14.6. The summed E-state index contributed by atoms with van der Waals surface area (Å²) in [4.78, 5) is 13.6. The van der Waals surface area contributed by atoms with Gasteiger partial charge in [-0.05, 0) is 43.0 Å². The van der Waals surface area contributed by atoms with Crippen molar-refractivity contribution in [2.45, 2.75) is 51.6 Å². The number of rotatable bonds is 6. The third kappa shape index (κ3) is 4.66. The van der Waals surface area contributed by atoms with Crippen molar-refractivity contribution in [2.24, 2.45) is 0 Å². The minimum atomic E-state index is 0.464. The minimum Gasteiger partial charge on any atom is -0.366 e. The van der Waals surface area contributed by atoms with Crippen LogP contribution in [0.25, 0.3) is 11.3 Å². The maximum atomic E-state index is 4.78. The Bertz CT molecular complexity index is 904. The van der Waals surface area contributed by atoms with Gasteiger partial charge in [0.25, 0.3) is 0 Å². The number of nitrogens with zero attached hydrogens (tertiary/aromatic N) is 3. The van der Waals surface area contributed by atoms with Crippen LogP contribution in [-0.2, 0) is 6.54 Å². The van der Waals surface area contributed by atoms with Gasteiger partial charge in [0.1, 0.15) is 5.82 Å². The Balaban J connectivity index is 1.58. The molecular formula is C23H27N5. The quantitative estimate of drug-likeness (QED) is 0.621. The number of hydrogen-bond donors (Lipinski definition) is 2. The average Bonchev–Trinajstić information content (AvgIpc) is 2.74. The summed E-state index contributed by atoms with van der Waals surface area (Å²) in [5.41, 5.74) is 4.50. The third-order valence-electron chi connectivity index (χ3n) is 5.36. The predicted molar refractivity (Wildman–Crippen MR) is 114 cm³/mol. The predicted octanol–water partition coefficient (Wildman–Crippen LogP) is 5.20. The van der Waals surface area contributed by atoms with Gasteiger partial charge in [-0.3, -0.25) is 4.98 Å². The Morgan fingerprint density at radius 2 is 1.75 bits per heavy atom. The van der Waals surface area contributed by atoms with Crippen LogP contribution in [0, 0.1) is 6.92 Å². The number of hydrogen-bond acceptors (Lipinski definition) is 5. The first kappa shape index (κ1) is 18.4. The summed E-state index contributed by atoms with van der Waals surface area (Å²) in [5.74, 6) is 1.54. The van der Waals surface area contributed by atoms with Crippen LogP contribution in [0.5, 0.6) is 0 Å². The molecule has 1 aliphatic carbocycles. The van der Waals surface area contributed by atoms with Crippen LogP contribution >= 0.6 is 0 Å². The van der Waals surface area contributed by atoms with E-state index in [1.54, 1.807) is 12.4 Å². The van der Waals surface area contributed by atoms with E-state index in [0.29, 0.717) is 12.0 Å². The molecule has 2 N–H and O–H groups in total. The van der Waals surface area contributed by atoms with Crippen LogP contribution < -0.4 is 10.6 Å². The second-order valence-electron chi connectivity index (χ2n) is 7.46. The number of pyridine rings is 1. The molecule has 4 rings (SSSR count). The summed E-state index contributed by atoms with van der Waals surface area (Å²) in [6.07, 6.45) is 9.86. The molecule has 28 heavy (non-hydrogen) atoms. The first-order valence-electron chi connectivity index (χ1n) is 10.1. The molecule has 2 aromatic heterocycles. The summed E-state index contributed by atoms with van der Waals surface area (Å²) in [6, 6.07) is 14.9. The van der Waals surface area contributed by atoms with Crippen molar-refractivity contribution in [1.82, 2.24) is 15.0 Å². The Kier molecular flexibility index (Phi) is 5.80. The van der Waals surface area contributed by atoms with Gasteiger partial charge in [-0.25, -0.2) is 4.98 Å². The maximum Gasteiger partial charge on any atom is 0.225 e. The summed E-state index contributed by atoms with van der Waals surface area (Å²) >= 11 is 0. The molecule has 144 valence electrons. The van der Waals surface area contributed by atoms with Crippen molar-refractivity contribution in [3.63, 3.8) is 0 Å². The number of aryl methyl sites for hydroxylation is 1. The van der Waals surface area contributed by atoms with E-state index in [0.717, 1.165) is 23.6 Å². The van der Waals surface area contributed by atoms with E-state index < -0.39 is 0 Å². The Labute approximate surface area is 166 Å². The zero-order valence-electron chi connectivity index (χ0n) is 16.4. The van der Waals surface area contributed by atoms with Crippen molar-refractivity contribution in [2.75, 3.05) is 10.6 Å². The van der Waals surface area contributed by atoms with Crippen molar-refractivity contribution in [1.29, 1.82) is 0 Å². The number of anilines is 2. The molecule has 1 saturated carbocycles. The zero-order valence-corrected chi connectivity index (χ0v) is 16.4. The smallest absolute Gasteiger partial charge is 0.225 e. The number of aromatic nitrogens is 3. The summed E-state index contributed by atoms with van der Waals surface area (Å²) < 4.78 is 0. The highest BCUT2D eigenvalue weighted by Gasteiger charge is 2.15. The van der Waals surface area contributed by atoms with Gasteiger partial charge in [0.15, 0.2) is 0 Å². The molecule has 5 heteroatoms. The second-order valence-corrected chi connectivity index (χ2v) is 7.46. The van der Waals surface area contributed by atoms with Crippen LogP contribution in [0.2, 0.25) is 0 Å². The molecule has 1 aliphatic rings. The maximum absolute atomic E-state index is 4.78. The summed E-state index contributed by atoms with van der Waals surface area (Å²) in [7, 11) is 0. The van der Waals surface area contributed by atoms with E-state index in [2.05, 4.69) is 46.8 Å². The van der Waals surface area contributed by atoms with Gasteiger partial charge in [0.05, 0.1) is 5.69 Å². The molecule has 1 aromatic carbocycles. The highest BCUT2D eigenvalue weighted by molar-refractivity contribution is 5.64. The largest absolute Gasteiger partial charge is 0.366 e. The molecule has 0 unspecified atom stereocenters. The lowest BCUT2D eigenvalue weighted by Gasteiger charge is -2.23.